The molecule has 1 heteroatoms. The lowest BCUT2D eigenvalue weighted by Gasteiger charge is -2.40. The lowest BCUT2D eigenvalue weighted by Crippen LogP contribution is -2.29. The van der Waals surface area contributed by atoms with E-state index in [0.717, 1.165) is 19.3 Å². The fourth-order valence-corrected chi connectivity index (χ4v) is 3.45. The standard InChI is InChI=1S/C20H34O/c1-7-20(6,21)15-8-10-16(2)12-13-18-17(3)11-9-14-19(18,4)5/h7,10,18,21H,1,3,8-9,11-15H2,2,4-6H3/b16-10+/t18-,20+/m1/s1. The molecule has 0 saturated heterocycles. The molecule has 0 aromatic heterocycles. The van der Waals surface area contributed by atoms with Crippen LogP contribution in [-0.4, -0.2) is 10.7 Å². The summed E-state index contributed by atoms with van der Waals surface area (Å²) in [5, 5.41) is 9.91. The van der Waals surface area contributed by atoms with Crippen LogP contribution in [0.4, 0.5) is 0 Å². The molecule has 1 aliphatic rings. The SMILES string of the molecule is C=C[C@](C)(O)CC/C=C(\C)CC[C@@H]1C(=C)CCCC1(C)C. The monoisotopic (exact) mass is 290 g/mol. The van der Waals surface area contributed by atoms with Gasteiger partial charge in [0.05, 0.1) is 5.60 Å². The van der Waals surface area contributed by atoms with Crippen molar-refractivity contribution in [2.24, 2.45) is 11.3 Å². The Labute approximate surface area is 131 Å². The van der Waals surface area contributed by atoms with Gasteiger partial charge in [0.15, 0.2) is 0 Å². The van der Waals surface area contributed by atoms with Crippen LogP contribution in [0.15, 0.2) is 36.5 Å². The summed E-state index contributed by atoms with van der Waals surface area (Å²) >= 11 is 0. The Morgan fingerprint density at radius 2 is 2.14 bits per heavy atom. The molecule has 0 amide bonds. The number of hydrogen-bond acceptors (Lipinski definition) is 1. The van der Waals surface area contributed by atoms with E-state index < -0.39 is 5.60 Å². The maximum Gasteiger partial charge on any atom is 0.0800 e. The zero-order valence-electron chi connectivity index (χ0n) is 14.5. The highest BCUT2D eigenvalue weighted by molar-refractivity contribution is 5.11. The summed E-state index contributed by atoms with van der Waals surface area (Å²) in [4.78, 5) is 0. The first-order valence-electron chi connectivity index (χ1n) is 8.37. The van der Waals surface area contributed by atoms with Gasteiger partial charge in [0, 0.05) is 0 Å². The van der Waals surface area contributed by atoms with Crippen LogP contribution in [0.2, 0.25) is 0 Å². The second kappa shape index (κ2) is 7.45. The molecule has 1 N–H and O–H groups in total. The van der Waals surface area contributed by atoms with Gasteiger partial charge in [-0.05, 0) is 70.1 Å². The Morgan fingerprint density at radius 1 is 1.48 bits per heavy atom. The first kappa shape index (κ1) is 18.2. The summed E-state index contributed by atoms with van der Waals surface area (Å²) in [6, 6.07) is 0. The Balaban J connectivity index is 2.46. The molecule has 0 aromatic carbocycles. The minimum Gasteiger partial charge on any atom is -0.386 e. The molecular formula is C20H34O. The Kier molecular flexibility index (Phi) is 6.46. The second-order valence-electron chi connectivity index (χ2n) is 7.74. The van der Waals surface area contributed by atoms with E-state index in [4.69, 9.17) is 0 Å². The molecule has 1 aliphatic carbocycles. The van der Waals surface area contributed by atoms with Crippen molar-refractivity contribution in [3.8, 4) is 0 Å². The third-order valence-corrected chi connectivity index (χ3v) is 5.17. The highest BCUT2D eigenvalue weighted by Gasteiger charge is 2.33. The van der Waals surface area contributed by atoms with E-state index in [1.807, 2.05) is 6.92 Å². The summed E-state index contributed by atoms with van der Waals surface area (Å²) in [5.41, 5.74) is 2.55. The number of allylic oxidation sites excluding steroid dienone is 3. The first-order chi connectivity index (χ1) is 9.68. The molecule has 1 nitrogen and oxygen atoms in total. The largest absolute Gasteiger partial charge is 0.386 e. The molecule has 0 aromatic rings. The van der Waals surface area contributed by atoms with Crippen molar-refractivity contribution in [2.45, 2.75) is 78.2 Å². The van der Waals surface area contributed by atoms with Gasteiger partial charge in [0.25, 0.3) is 0 Å². The molecule has 0 radical (unpaired) electrons. The maximum atomic E-state index is 9.91. The van der Waals surface area contributed by atoms with Crippen LogP contribution in [-0.2, 0) is 0 Å². The topological polar surface area (TPSA) is 20.2 Å². The van der Waals surface area contributed by atoms with Crippen LogP contribution in [0, 0.1) is 11.3 Å². The molecule has 0 heterocycles. The lowest BCUT2D eigenvalue weighted by molar-refractivity contribution is 0.103. The Morgan fingerprint density at radius 3 is 2.71 bits per heavy atom. The van der Waals surface area contributed by atoms with Crippen LogP contribution in [0.1, 0.15) is 72.6 Å². The molecule has 0 bridgehead atoms. The highest BCUT2D eigenvalue weighted by Crippen LogP contribution is 2.45. The minimum absolute atomic E-state index is 0.405. The molecule has 1 fully saturated rings. The van der Waals surface area contributed by atoms with E-state index in [1.165, 1.54) is 36.8 Å². The van der Waals surface area contributed by atoms with Crippen molar-refractivity contribution in [3.63, 3.8) is 0 Å². The van der Waals surface area contributed by atoms with Gasteiger partial charge in [-0.2, -0.15) is 0 Å². The quantitative estimate of drug-likeness (QED) is 0.586. The van der Waals surface area contributed by atoms with E-state index in [9.17, 15) is 5.11 Å². The number of rotatable bonds is 7. The van der Waals surface area contributed by atoms with Gasteiger partial charge >= 0.3 is 0 Å². The van der Waals surface area contributed by atoms with Crippen LogP contribution >= 0.6 is 0 Å². The van der Waals surface area contributed by atoms with Crippen molar-refractivity contribution in [1.82, 2.24) is 0 Å². The van der Waals surface area contributed by atoms with Gasteiger partial charge in [-0.25, -0.2) is 0 Å². The van der Waals surface area contributed by atoms with Crippen LogP contribution in [0.5, 0.6) is 0 Å². The van der Waals surface area contributed by atoms with E-state index in [2.05, 4.69) is 40.0 Å². The third kappa shape index (κ3) is 5.82. The van der Waals surface area contributed by atoms with Gasteiger partial charge in [-0.3, -0.25) is 0 Å². The summed E-state index contributed by atoms with van der Waals surface area (Å²) in [6.45, 7) is 16.8. The van der Waals surface area contributed by atoms with Crippen molar-refractivity contribution in [3.05, 3.63) is 36.5 Å². The van der Waals surface area contributed by atoms with Crippen molar-refractivity contribution < 1.29 is 5.11 Å². The van der Waals surface area contributed by atoms with E-state index >= 15 is 0 Å². The summed E-state index contributed by atoms with van der Waals surface area (Å²) in [7, 11) is 0. The lowest BCUT2D eigenvalue weighted by atomic mass is 9.65. The molecule has 1 rings (SSSR count). The molecule has 0 aliphatic heterocycles. The first-order valence-corrected chi connectivity index (χ1v) is 8.37. The molecule has 0 unspecified atom stereocenters. The molecule has 21 heavy (non-hydrogen) atoms. The van der Waals surface area contributed by atoms with Gasteiger partial charge in [0.1, 0.15) is 0 Å². The fourth-order valence-electron chi connectivity index (χ4n) is 3.45. The van der Waals surface area contributed by atoms with Gasteiger partial charge in [-0.1, -0.05) is 43.7 Å². The van der Waals surface area contributed by atoms with E-state index in [-0.39, 0.29) is 0 Å². The van der Waals surface area contributed by atoms with Gasteiger partial charge in [-0.15, -0.1) is 6.58 Å². The molecule has 2 atom stereocenters. The summed E-state index contributed by atoms with van der Waals surface area (Å²) in [6.07, 6.45) is 11.8. The van der Waals surface area contributed by atoms with Gasteiger partial charge in [0.2, 0.25) is 0 Å². The predicted molar refractivity (Wildman–Crippen MR) is 93.3 cm³/mol. The maximum absolute atomic E-state index is 9.91. The second-order valence-corrected chi connectivity index (χ2v) is 7.74. The minimum atomic E-state index is -0.740. The fraction of sp³-hybridized carbons (Fsp3) is 0.700. The number of hydrogen-bond donors (Lipinski definition) is 1. The van der Waals surface area contributed by atoms with Crippen LogP contribution in [0.3, 0.4) is 0 Å². The Bertz CT molecular complexity index is 398. The van der Waals surface area contributed by atoms with Crippen molar-refractivity contribution in [1.29, 1.82) is 0 Å². The Hall–Kier alpha value is -0.820. The highest BCUT2D eigenvalue weighted by atomic mass is 16.3. The predicted octanol–water partition coefficient (Wildman–Crippen LogP) is 5.81. The van der Waals surface area contributed by atoms with Crippen molar-refractivity contribution in [2.75, 3.05) is 0 Å². The molecule has 0 spiro atoms. The smallest absolute Gasteiger partial charge is 0.0800 e. The van der Waals surface area contributed by atoms with Crippen molar-refractivity contribution >= 4 is 0 Å². The number of aliphatic hydroxyl groups is 1. The van der Waals surface area contributed by atoms with Crippen LogP contribution < -0.4 is 0 Å². The zero-order chi connectivity index (χ0) is 16.1. The average molecular weight is 290 g/mol. The normalized spacial score (nSPS) is 25.5. The molecule has 120 valence electrons. The summed E-state index contributed by atoms with van der Waals surface area (Å²) in [5.74, 6) is 0.658. The summed E-state index contributed by atoms with van der Waals surface area (Å²) < 4.78 is 0. The van der Waals surface area contributed by atoms with Gasteiger partial charge < -0.3 is 5.11 Å². The molecular weight excluding hydrogens is 256 g/mol. The van der Waals surface area contributed by atoms with E-state index in [1.54, 1.807) is 6.08 Å². The van der Waals surface area contributed by atoms with E-state index in [0.29, 0.717) is 11.3 Å². The average Bonchev–Trinajstić information content (AvgIpc) is 2.37. The third-order valence-electron chi connectivity index (χ3n) is 5.17. The van der Waals surface area contributed by atoms with Crippen LogP contribution in [0.25, 0.3) is 0 Å². The molecule has 1 saturated carbocycles. The zero-order valence-corrected chi connectivity index (χ0v) is 14.5.